The molecule has 88 valence electrons. The number of nitrogens with one attached hydrogen (secondary N) is 2. The Morgan fingerprint density at radius 2 is 2.31 bits per heavy atom. The highest BCUT2D eigenvalue weighted by Crippen LogP contribution is 2.10. The van der Waals surface area contributed by atoms with E-state index in [-0.39, 0.29) is 0 Å². The molecule has 0 aliphatic carbocycles. The number of hydrogen-bond donors (Lipinski definition) is 2. The molecule has 0 saturated carbocycles. The predicted molar refractivity (Wildman–Crippen MR) is 62.5 cm³/mol. The van der Waals surface area contributed by atoms with E-state index in [2.05, 4.69) is 15.6 Å². The summed E-state index contributed by atoms with van der Waals surface area (Å²) in [6.45, 7) is 3.73. The third kappa shape index (κ3) is 4.16. The molecule has 0 radical (unpaired) electrons. The molecule has 1 aromatic rings. The fraction of sp³-hybridized carbons (Fsp3) is 0.444. The van der Waals surface area contributed by atoms with Crippen LogP contribution in [0.1, 0.15) is 16.8 Å². The van der Waals surface area contributed by atoms with Gasteiger partial charge in [0.15, 0.2) is 0 Å². The summed E-state index contributed by atoms with van der Waals surface area (Å²) in [6.07, 6.45) is 1.69. The fourth-order valence-corrected chi connectivity index (χ4v) is 1.70. The molecule has 0 aliphatic rings. The van der Waals surface area contributed by atoms with Crippen molar-refractivity contribution in [3.8, 4) is 0 Å². The second-order valence-corrected chi connectivity index (χ2v) is 5.11. The van der Waals surface area contributed by atoms with E-state index in [0.717, 1.165) is 9.88 Å². The van der Waals surface area contributed by atoms with Crippen LogP contribution in [0.2, 0.25) is 0 Å². The maximum absolute atomic E-state index is 11.2. The molecule has 2 N–H and O–H groups in total. The largest absolute Gasteiger partial charge is 0.333 e. The van der Waals surface area contributed by atoms with Crippen LogP contribution in [0, 0.1) is 6.92 Å². The summed E-state index contributed by atoms with van der Waals surface area (Å²) in [7, 11) is 0. The molecule has 1 atom stereocenters. The number of carbonyl (C=O) groups excluding carboxylic acids is 2. The van der Waals surface area contributed by atoms with E-state index in [1.807, 2.05) is 6.92 Å². The lowest BCUT2D eigenvalue weighted by Crippen LogP contribution is -2.41. The van der Waals surface area contributed by atoms with Crippen LogP contribution < -0.4 is 10.6 Å². The van der Waals surface area contributed by atoms with Crippen LogP contribution in [-0.2, 0) is 11.3 Å². The summed E-state index contributed by atoms with van der Waals surface area (Å²) in [5.74, 6) is -0.514. The molecule has 5 nitrogen and oxygen atoms in total. The molecule has 0 aromatic carbocycles. The minimum absolute atomic E-state index is 0.348. The van der Waals surface area contributed by atoms with Crippen LogP contribution >= 0.6 is 22.9 Å². The van der Waals surface area contributed by atoms with E-state index >= 15 is 0 Å². The molecule has 0 aliphatic heterocycles. The number of hydrogen-bond acceptors (Lipinski definition) is 4. The van der Waals surface area contributed by atoms with Crippen molar-refractivity contribution in [1.82, 2.24) is 15.6 Å². The standard InChI is InChI=1S/C9H12ClN3O2S/c1-5(10)8(14)13-9(15)12-4-7-3-11-6(2)16-7/h3,5H,4H2,1-2H3,(H2,12,13,14,15). The van der Waals surface area contributed by atoms with Crippen molar-refractivity contribution < 1.29 is 9.59 Å². The molecule has 1 rings (SSSR count). The molecule has 1 heterocycles. The minimum Gasteiger partial charge on any atom is -0.333 e. The summed E-state index contributed by atoms with van der Waals surface area (Å²) in [6, 6.07) is -0.552. The second-order valence-electron chi connectivity index (χ2n) is 3.13. The van der Waals surface area contributed by atoms with Crippen molar-refractivity contribution in [3.05, 3.63) is 16.1 Å². The van der Waals surface area contributed by atoms with Crippen LogP contribution in [0.3, 0.4) is 0 Å². The van der Waals surface area contributed by atoms with Gasteiger partial charge in [-0.15, -0.1) is 22.9 Å². The molecule has 0 fully saturated rings. The number of alkyl halides is 1. The van der Waals surface area contributed by atoms with Gasteiger partial charge in [0, 0.05) is 11.1 Å². The van der Waals surface area contributed by atoms with E-state index in [1.165, 1.54) is 18.3 Å². The molecule has 3 amide bonds. The quantitative estimate of drug-likeness (QED) is 0.808. The van der Waals surface area contributed by atoms with Gasteiger partial charge in [-0.3, -0.25) is 10.1 Å². The van der Waals surface area contributed by atoms with Gasteiger partial charge in [-0.2, -0.15) is 0 Å². The lowest BCUT2D eigenvalue weighted by molar-refractivity contribution is -0.119. The average Bonchev–Trinajstić information content (AvgIpc) is 2.61. The molecule has 1 unspecified atom stereocenters. The van der Waals surface area contributed by atoms with Gasteiger partial charge in [0.1, 0.15) is 5.38 Å². The van der Waals surface area contributed by atoms with Crippen molar-refractivity contribution in [2.45, 2.75) is 25.8 Å². The van der Waals surface area contributed by atoms with Crippen LogP contribution in [0.4, 0.5) is 4.79 Å². The number of aromatic nitrogens is 1. The van der Waals surface area contributed by atoms with Gasteiger partial charge in [-0.1, -0.05) is 0 Å². The molecule has 0 bridgehead atoms. The predicted octanol–water partition coefficient (Wildman–Crippen LogP) is 1.40. The zero-order valence-corrected chi connectivity index (χ0v) is 10.5. The number of aryl methyl sites for hydroxylation is 1. The first-order valence-electron chi connectivity index (χ1n) is 4.63. The van der Waals surface area contributed by atoms with Crippen LogP contribution in [0.5, 0.6) is 0 Å². The maximum Gasteiger partial charge on any atom is 0.321 e. The third-order valence-electron chi connectivity index (χ3n) is 1.69. The highest BCUT2D eigenvalue weighted by atomic mass is 35.5. The fourth-order valence-electron chi connectivity index (χ4n) is 0.910. The van der Waals surface area contributed by atoms with Crippen molar-refractivity contribution in [1.29, 1.82) is 0 Å². The maximum atomic E-state index is 11.2. The van der Waals surface area contributed by atoms with Crippen LogP contribution in [0.25, 0.3) is 0 Å². The Hall–Kier alpha value is -1.14. The molecular formula is C9H12ClN3O2S. The summed E-state index contributed by atoms with van der Waals surface area (Å²) in [5, 5.41) is 4.87. The highest BCUT2D eigenvalue weighted by molar-refractivity contribution is 7.11. The zero-order chi connectivity index (χ0) is 12.1. The van der Waals surface area contributed by atoms with Crippen LogP contribution in [0.15, 0.2) is 6.20 Å². The number of carbonyl (C=O) groups is 2. The topological polar surface area (TPSA) is 71.1 Å². The number of imide groups is 1. The third-order valence-corrected chi connectivity index (χ3v) is 2.80. The molecule has 0 saturated heterocycles. The first-order valence-corrected chi connectivity index (χ1v) is 5.88. The SMILES string of the molecule is Cc1ncc(CNC(=O)NC(=O)C(C)Cl)s1. The van der Waals surface area contributed by atoms with Crippen LogP contribution in [-0.4, -0.2) is 22.3 Å². The Bertz CT molecular complexity index is 392. The Balaban J connectivity index is 2.33. The van der Waals surface area contributed by atoms with E-state index in [0.29, 0.717) is 6.54 Å². The van der Waals surface area contributed by atoms with E-state index in [4.69, 9.17) is 11.6 Å². The van der Waals surface area contributed by atoms with Gasteiger partial charge in [-0.25, -0.2) is 9.78 Å². The average molecular weight is 262 g/mol. The van der Waals surface area contributed by atoms with Gasteiger partial charge in [0.05, 0.1) is 11.6 Å². The van der Waals surface area contributed by atoms with Gasteiger partial charge < -0.3 is 5.32 Å². The monoisotopic (exact) mass is 261 g/mol. The van der Waals surface area contributed by atoms with Crippen molar-refractivity contribution >= 4 is 34.9 Å². The molecule has 0 spiro atoms. The Labute approximate surface area is 102 Å². The lowest BCUT2D eigenvalue weighted by Gasteiger charge is -2.06. The molecule has 16 heavy (non-hydrogen) atoms. The number of halogens is 1. The van der Waals surface area contributed by atoms with Crippen molar-refractivity contribution in [2.75, 3.05) is 0 Å². The summed E-state index contributed by atoms with van der Waals surface area (Å²) in [5.41, 5.74) is 0. The lowest BCUT2D eigenvalue weighted by atomic mass is 10.4. The Morgan fingerprint density at radius 3 is 2.81 bits per heavy atom. The molecular weight excluding hydrogens is 250 g/mol. The highest BCUT2D eigenvalue weighted by Gasteiger charge is 2.12. The summed E-state index contributed by atoms with van der Waals surface area (Å²) >= 11 is 6.98. The van der Waals surface area contributed by atoms with Gasteiger partial charge in [-0.05, 0) is 13.8 Å². The number of urea groups is 1. The van der Waals surface area contributed by atoms with Crippen molar-refractivity contribution in [3.63, 3.8) is 0 Å². The van der Waals surface area contributed by atoms with Gasteiger partial charge in [0.25, 0.3) is 0 Å². The number of nitrogens with zero attached hydrogens (tertiary/aromatic N) is 1. The molecule has 7 heteroatoms. The van der Waals surface area contributed by atoms with Gasteiger partial charge in [0.2, 0.25) is 5.91 Å². The number of amides is 3. The smallest absolute Gasteiger partial charge is 0.321 e. The second kappa shape index (κ2) is 5.81. The Kier molecular flexibility index (Phi) is 4.70. The van der Waals surface area contributed by atoms with E-state index in [1.54, 1.807) is 6.20 Å². The zero-order valence-electron chi connectivity index (χ0n) is 8.91. The van der Waals surface area contributed by atoms with Gasteiger partial charge >= 0.3 is 6.03 Å². The Morgan fingerprint density at radius 1 is 1.62 bits per heavy atom. The summed E-state index contributed by atoms with van der Waals surface area (Å²) in [4.78, 5) is 27.2. The normalized spacial score (nSPS) is 11.9. The van der Waals surface area contributed by atoms with Crippen molar-refractivity contribution in [2.24, 2.45) is 0 Å². The first kappa shape index (κ1) is 12.9. The minimum atomic E-state index is -0.726. The first-order chi connectivity index (χ1) is 7.49. The number of thiazole rings is 1. The number of rotatable bonds is 3. The van der Waals surface area contributed by atoms with E-state index in [9.17, 15) is 9.59 Å². The van der Waals surface area contributed by atoms with E-state index < -0.39 is 17.3 Å². The molecule has 1 aromatic heterocycles. The summed E-state index contributed by atoms with van der Waals surface area (Å²) < 4.78 is 0.